The minimum Gasteiger partial charge on any atom is -0.319 e. The molecule has 5 rings (SSSR count). The molecule has 1 aliphatic heterocycles. The monoisotopic (exact) mass is 409 g/mol. The first kappa shape index (κ1) is 18.6. The highest BCUT2D eigenvalue weighted by molar-refractivity contribution is 6.03. The van der Waals surface area contributed by atoms with Crippen LogP contribution in [0.3, 0.4) is 0 Å². The zero-order chi connectivity index (χ0) is 20.8. The number of carbonyl (C=O) groups excluding carboxylic acids is 2. The minimum absolute atomic E-state index is 0.0206. The smallest absolute Gasteiger partial charge is 0.275 e. The van der Waals surface area contributed by atoms with Gasteiger partial charge in [-0.15, -0.1) is 0 Å². The van der Waals surface area contributed by atoms with E-state index in [4.69, 9.17) is 0 Å². The minimum atomic E-state index is -0.538. The molecule has 0 aromatic carbocycles. The third kappa shape index (κ3) is 3.50. The first-order valence-electron chi connectivity index (χ1n) is 9.83. The van der Waals surface area contributed by atoms with Crippen LogP contribution < -0.4 is 15.5 Å². The molecule has 30 heavy (non-hydrogen) atoms. The maximum absolute atomic E-state index is 14.2. The second-order valence-corrected chi connectivity index (χ2v) is 7.68. The van der Waals surface area contributed by atoms with Gasteiger partial charge in [0.1, 0.15) is 5.69 Å². The van der Waals surface area contributed by atoms with Gasteiger partial charge in [0.25, 0.3) is 5.91 Å². The molecule has 0 bridgehead atoms. The van der Waals surface area contributed by atoms with Gasteiger partial charge in [-0.3, -0.25) is 14.5 Å². The van der Waals surface area contributed by atoms with Crippen LogP contribution in [-0.2, 0) is 4.79 Å². The Hall–Kier alpha value is -3.40. The summed E-state index contributed by atoms with van der Waals surface area (Å²) < 4.78 is 15.7. The maximum Gasteiger partial charge on any atom is 0.275 e. The lowest BCUT2D eigenvalue weighted by Crippen LogP contribution is -2.39. The summed E-state index contributed by atoms with van der Waals surface area (Å²) in [5, 5.41) is 5.95. The van der Waals surface area contributed by atoms with E-state index in [1.807, 2.05) is 0 Å². The van der Waals surface area contributed by atoms with Crippen molar-refractivity contribution in [3.05, 3.63) is 48.1 Å². The van der Waals surface area contributed by atoms with Crippen LogP contribution in [0.4, 0.5) is 15.9 Å². The van der Waals surface area contributed by atoms with Gasteiger partial charge in [0.2, 0.25) is 5.91 Å². The number of imidazole rings is 1. The van der Waals surface area contributed by atoms with E-state index in [1.165, 1.54) is 22.9 Å². The number of nitrogens with one attached hydrogen (secondary N) is 2. The van der Waals surface area contributed by atoms with Crippen LogP contribution in [0.15, 0.2) is 30.9 Å². The Morgan fingerprint density at radius 3 is 2.77 bits per heavy atom. The molecule has 0 spiro atoms. The molecule has 1 saturated carbocycles. The van der Waals surface area contributed by atoms with Crippen molar-refractivity contribution in [3.63, 3.8) is 0 Å². The average molecular weight is 409 g/mol. The van der Waals surface area contributed by atoms with Gasteiger partial charge in [-0.1, -0.05) is 0 Å². The van der Waals surface area contributed by atoms with Crippen LogP contribution in [0, 0.1) is 12.7 Å². The average Bonchev–Trinajstić information content (AvgIpc) is 3.35. The summed E-state index contributed by atoms with van der Waals surface area (Å²) in [6.07, 6.45) is 8.93. The van der Waals surface area contributed by atoms with E-state index in [2.05, 4.69) is 25.6 Å². The highest BCUT2D eigenvalue weighted by Gasteiger charge is 2.36. The Labute approximate surface area is 171 Å². The standard InChI is InChI=1S/C20H20FN7O2/c1-11-9-27-10-13(6-14(21)18(27)24-11)26-19(29)16-7-23-17(8-22-16)28-5-4-15(20(28)30)25-12-2-3-12/h6-10,12,15,25H,2-5H2,1H3,(H,26,29). The predicted octanol–water partition coefficient (Wildman–Crippen LogP) is 1.68. The number of carbonyl (C=O) groups is 2. The number of amides is 2. The van der Waals surface area contributed by atoms with E-state index in [0.29, 0.717) is 24.1 Å². The van der Waals surface area contributed by atoms with Gasteiger partial charge in [-0.05, 0) is 26.2 Å². The quantitative estimate of drug-likeness (QED) is 0.665. The van der Waals surface area contributed by atoms with E-state index in [0.717, 1.165) is 19.3 Å². The number of aryl methyl sites for hydroxylation is 1. The van der Waals surface area contributed by atoms with E-state index >= 15 is 0 Å². The van der Waals surface area contributed by atoms with Crippen molar-refractivity contribution in [2.45, 2.75) is 38.3 Å². The number of nitrogens with zero attached hydrogens (tertiary/aromatic N) is 5. The molecular formula is C20H20FN7O2. The van der Waals surface area contributed by atoms with Crippen molar-refractivity contribution < 1.29 is 14.0 Å². The number of anilines is 2. The fourth-order valence-corrected chi connectivity index (χ4v) is 3.62. The number of fused-ring (bicyclic) bond motifs is 1. The molecule has 1 unspecified atom stereocenters. The van der Waals surface area contributed by atoms with Gasteiger partial charge in [-0.25, -0.2) is 19.3 Å². The zero-order valence-corrected chi connectivity index (χ0v) is 16.3. The van der Waals surface area contributed by atoms with E-state index in [1.54, 1.807) is 24.2 Å². The highest BCUT2D eigenvalue weighted by atomic mass is 19.1. The lowest BCUT2D eigenvalue weighted by Gasteiger charge is -2.16. The largest absolute Gasteiger partial charge is 0.319 e. The molecule has 0 radical (unpaired) electrons. The number of halogens is 1. The first-order chi connectivity index (χ1) is 14.5. The van der Waals surface area contributed by atoms with Crippen molar-refractivity contribution in [3.8, 4) is 0 Å². The third-order valence-electron chi connectivity index (χ3n) is 5.25. The van der Waals surface area contributed by atoms with E-state index in [-0.39, 0.29) is 29.0 Å². The lowest BCUT2D eigenvalue weighted by molar-refractivity contribution is -0.118. The van der Waals surface area contributed by atoms with Crippen LogP contribution in [-0.4, -0.2) is 49.8 Å². The van der Waals surface area contributed by atoms with Crippen molar-refractivity contribution in [1.82, 2.24) is 24.7 Å². The molecule has 1 saturated heterocycles. The molecule has 154 valence electrons. The van der Waals surface area contributed by atoms with E-state index < -0.39 is 11.7 Å². The SMILES string of the molecule is Cc1cn2cc(NC(=O)c3cnc(N4CCC(NC5CC5)C4=O)cn3)cc(F)c2n1. The Morgan fingerprint density at radius 2 is 2.03 bits per heavy atom. The van der Waals surface area contributed by atoms with Crippen molar-refractivity contribution in [2.75, 3.05) is 16.8 Å². The molecule has 1 aliphatic carbocycles. The summed E-state index contributed by atoms with van der Waals surface area (Å²) in [7, 11) is 0. The third-order valence-corrected chi connectivity index (χ3v) is 5.25. The number of aromatic nitrogens is 4. The van der Waals surface area contributed by atoms with Gasteiger partial charge < -0.3 is 15.0 Å². The van der Waals surface area contributed by atoms with Gasteiger partial charge in [0, 0.05) is 31.0 Å². The summed E-state index contributed by atoms with van der Waals surface area (Å²) in [6, 6.07) is 1.47. The molecule has 2 amide bonds. The molecule has 1 atom stereocenters. The molecule has 9 nitrogen and oxygen atoms in total. The van der Waals surface area contributed by atoms with Gasteiger partial charge in [0.05, 0.1) is 29.8 Å². The molecule has 3 aromatic heterocycles. The van der Waals surface area contributed by atoms with E-state index in [9.17, 15) is 14.0 Å². The highest BCUT2D eigenvalue weighted by Crippen LogP contribution is 2.24. The molecule has 2 N–H and O–H groups in total. The Bertz CT molecular complexity index is 1140. The normalized spacial score (nSPS) is 18.9. The molecule has 4 heterocycles. The zero-order valence-electron chi connectivity index (χ0n) is 16.3. The molecule has 2 fully saturated rings. The number of rotatable bonds is 5. The molecule has 2 aliphatic rings. The number of pyridine rings is 1. The first-order valence-corrected chi connectivity index (χ1v) is 9.83. The van der Waals surface area contributed by atoms with Crippen LogP contribution in [0.2, 0.25) is 0 Å². The van der Waals surface area contributed by atoms with Gasteiger partial charge in [0.15, 0.2) is 17.3 Å². The fourth-order valence-electron chi connectivity index (χ4n) is 3.62. The fraction of sp³-hybridized carbons (Fsp3) is 0.350. The summed E-state index contributed by atoms with van der Waals surface area (Å²) in [5.74, 6) is -0.666. The van der Waals surface area contributed by atoms with Crippen molar-refractivity contribution in [1.29, 1.82) is 0 Å². The van der Waals surface area contributed by atoms with Gasteiger partial charge >= 0.3 is 0 Å². The summed E-state index contributed by atoms with van der Waals surface area (Å²) in [5.41, 5.74) is 1.21. The number of hydrogen-bond donors (Lipinski definition) is 2. The van der Waals surface area contributed by atoms with Crippen LogP contribution in [0.25, 0.3) is 5.65 Å². The number of hydrogen-bond acceptors (Lipinski definition) is 6. The van der Waals surface area contributed by atoms with Crippen molar-refractivity contribution >= 4 is 29.0 Å². The molecule has 3 aromatic rings. The predicted molar refractivity (Wildman–Crippen MR) is 107 cm³/mol. The summed E-state index contributed by atoms with van der Waals surface area (Å²) in [6.45, 7) is 2.32. The molecular weight excluding hydrogens is 389 g/mol. The van der Waals surface area contributed by atoms with Crippen LogP contribution in [0.5, 0.6) is 0 Å². The van der Waals surface area contributed by atoms with Crippen molar-refractivity contribution in [2.24, 2.45) is 0 Å². The Balaban J connectivity index is 1.28. The van der Waals surface area contributed by atoms with Gasteiger partial charge in [-0.2, -0.15) is 0 Å². The Kier molecular flexibility index (Phi) is 4.43. The lowest BCUT2D eigenvalue weighted by atomic mass is 10.2. The second-order valence-electron chi connectivity index (χ2n) is 7.68. The van der Waals surface area contributed by atoms with Crippen LogP contribution >= 0.6 is 0 Å². The maximum atomic E-state index is 14.2. The Morgan fingerprint density at radius 1 is 1.20 bits per heavy atom. The molecule has 10 heteroatoms. The topological polar surface area (TPSA) is 105 Å². The second kappa shape index (κ2) is 7.13. The summed E-state index contributed by atoms with van der Waals surface area (Å²) in [4.78, 5) is 39.1. The van der Waals surface area contributed by atoms with Crippen LogP contribution in [0.1, 0.15) is 35.4 Å². The summed E-state index contributed by atoms with van der Waals surface area (Å²) >= 11 is 0.